The second-order valence-corrected chi connectivity index (χ2v) is 6.98. The standard InChI is InChI=1S/C23H29F2N5O2/c1-3-26-23(27-14-8-13-20-29-17-10-5-6-11-18(17)30-20)28-15-16-9-7-12-19(31-4-2)21(16)32-22(24)25/h5-7,9-12,22H,3-4,8,13-15H2,1-2H3,(H,29,30)(H2,26,27,28). The highest BCUT2D eigenvalue weighted by Crippen LogP contribution is 2.33. The van der Waals surface area contributed by atoms with E-state index < -0.39 is 6.61 Å². The molecule has 172 valence electrons. The first-order valence-corrected chi connectivity index (χ1v) is 10.8. The first-order chi connectivity index (χ1) is 15.6. The summed E-state index contributed by atoms with van der Waals surface area (Å²) in [5.74, 6) is 1.84. The molecule has 0 fully saturated rings. The fourth-order valence-electron chi connectivity index (χ4n) is 3.27. The number of nitrogens with one attached hydrogen (secondary N) is 3. The number of hydrogen-bond donors (Lipinski definition) is 3. The van der Waals surface area contributed by atoms with E-state index in [1.165, 1.54) is 0 Å². The van der Waals surface area contributed by atoms with Gasteiger partial charge in [0.05, 0.1) is 24.2 Å². The van der Waals surface area contributed by atoms with Crippen LogP contribution in [0.4, 0.5) is 8.78 Å². The normalized spacial score (nSPS) is 11.7. The van der Waals surface area contributed by atoms with Gasteiger partial charge in [0, 0.05) is 25.1 Å². The van der Waals surface area contributed by atoms with Gasteiger partial charge >= 0.3 is 6.61 Å². The number of aromatic amines is 1. The number of H-pyrrole nitrogens is 1. The highest BCUT2D eigenvalue weighted by atomic mass is 19.3. The molecule has 1 aromatic heterocycles. The minimum absolute atomic E-state index is 0.0221. The second kappa shape index (κ2) is 11.9. The zero-order valence-corrected chi connectivity index (χ0v) is 18.3. The van der Waals surface area contributed by atoms with Gasteiger partial charge in [0.2, 0.25) is 0 Å². The first kappa shape index (κ1) is 23.3. The van der Waals surface area contributed by atoms with Crippen LogP contribution in [0.1, 0.15) is 31.7 Å². The molecule has 0 spiro atoms. The van der Waals surface area contributed by atoms with Gasteiger partial charge in [-0.2, -0.15) is 8.78 Å². The molecule has 0 aliphatic carbocycles. The topological polar surface area (TPSA) is 83.6 Å². The molecule has 0 radical (unpaired) electrons. The summed E-state index contributed by atoms with van der Waals surface area (Å²) >= 11 is 0. The number of aliphatic imine (C=N–C) groups is 1. The molecular weight excluding hydrogens is 416 g/mol. The number of aryl methyl sites for hydroxylation is 1. The molecule has 3 aromatic rings. The predicted molar refractivity (Wildman–Crippen MR) is 121 cm³/mol. The monoisotopic (exact) mass is 445 g/mol. The molecule has 0 saturated carbocycles. The lowest BCUT2D eigenvalue weighted by Gasteiger charge is -2.15. The highest BCUT2D eigenvalue weighted by Gasteiger charge is 2.15. The number of benzene rings is 2. The predicted octanol–water partition coefficient (Wildman–Crippen LogP) is 4.25. The number of fused-ring (bicyclic) bond motifs is 1. The molecular formula is C23H29F2N5O2. The van der Waals surface area contributed by atoms with Crippen molar-refractivity contribution in [3.8, 4) is 11.5 Å². The van der Waals surface area contributed by atoms with Gasteiger partial charge in [0.1, 0.15) is 5.82 Å². The summed E-state index contributed by atoms with van der Waals surface area (Å²) in [4.78, 5) is 12.4. The zero-order valence-electron chi connectivity index (χ0n) is 18.3. The van der Waals surface area contributed by atoms with Gasteiger partial charge in [-0.05, 0) is 38.5 Å². The SMILES string of the molecule is CCNC(=NCc1cccc(OCC)c1OC(F)F)NCCCc1nc2ccccc2[nH]1. The van der Waals surface area contributed by atoms with Crippen molar-refractivity contribution in [1.82, 2.24) is 20.6 Å². The van der Waals surface area contributed by atoms with Crippen LogP contribution in [-0.4, -0.2) is 42.2 Å². The number of para-hydroxylation sites is 3. The maximum atomic E-state index is 12.9. The molecule has 2 aromatic carbocycles. The molecule has 0 saturated heterocycles. The van der Waals surface area contributed by atoms with Crippen LogP contribution in [0.5, 0.6) is 11.5 Å². The van der Waals surface area contributed by atoms with Crippen LogP contribution in [-0.2, 0) is 13.0 Å². The fraction of sp³-hybridized carbons (Fsp3) is 0.391. The Balaban J connectivity index is 1.60. The number of guanidine groups is 1. The number of halogens is 2. The maximum Gasteiger partial charge on any atom is 0.387 e. The summed E-state index contributed by atoms with van der Waals surface area (Å²) < 4.78 is 36.0. The van der Waals surface area contributed by atoms with E-state index in [0.29, 0.717) is 31.2 Å². The summed E-state index contributed by atoms with van der Waals surface area (Å²) in [7, 11) is 0. The van der Waals surface area contributed by atoms with E-state index in [0.717, 1.165) is 29.7 Å². The fourth-order valence-corrected chi connectivity index (χ4v) is 3.27. The van der Waals surface area contributed by atoms with Gasteiger partial charge in [-0.15, -0.1) is 0 Å². The van der Waals surface area contributed by atoms with Crippen molar-refractivity contribution in [2.45, 2.75) is 39.8 Å². The van der Waals surface area contributed by atoms with Crippen LogP contribution in [0.2, 0.25) is 0 Å². The summed E-state index contributed by atoms with van der Waals surface area (Å²) in [6, 6.07) is 13.0. The van der Waals surface area contributed by atoms with Crippen molar-refractivity contribution in [2.75, 3.05) is 19.7 Å². The Bertz CT molecular complexity index is 990. The number of rotatable bonds is 11. The lowest BCUT2D eigenvalue weighted by molar-refractivity contribution is -0.0520. The van der Waals surface area contributed by atoms with E-state index in [1.807, 2.05) is 31.2 Å². The minimum atomic E-state index is -2.94. The van der Waals surface area contributed by atoms with Crippen molar-refractivity contribution in [3.63, 3.8) is 0 Å². The molecule has 0 atom stereocenters. The van der Waals surface area contributed by atoms with Crippen molar-refractivity contribution in [2.24, 2.45) is 4.99 Å². The van der Waals surface area contributed by atoms with Gasteiger partial charge < -0.3 is 25.1 Å². The van der Waals surface area contributed by atoms with Gasteiger partial charge in [-0.3, -0.25) is 0 Å². The Hall–Kier alpha value is -3.36. The molecule has 0 bridgehead atoms. The Kier molecular flexibility index (Phi) is 8.65. The average molecular weight is 446 g/mol. The molecule has 0 unspecified atom stereocenters. The van der Waals surface area contributed by atoms with Crippen molar-refractivity contribution < 1.29 is 18.3 Å². The first-order valence-electron chi connectivity index (χ1n) is 10.8. The zero-order chi connectivity index (χ0) is 22.8. The molecule has 0 aliphatic rings. The van der Waals surface area contributed by atoms with E-state index in [-0.39, 0.29) is 18.0 Å². The van der Waals surface area contributed by atoms with Gasteiger partial charge in [0.25, 0.3) is 0 Å². The largest absolute Gasteiger partial charge is 0.490 e. The average Bonchev–Trinajstić information content (AvgIpc) is 3.19. The Morgan fingerprint density at radius 3 is 2.72 bits per heavy atom. The van der Waals surface area contributed by atoms with Crippen LogP contribution < -0.4 is 20.1 Å². The Morgan fingerprint density at radius 2 is 1.97 bits per heavy atom. The minimum Gasteiger partial charge on any atom is -0.490 e. The third kappa shape index (κ3) is 6.57. The van der Waals surface area contributed by atoms with Crippen LogP contribution >= 0.6 is 0 Å². The van der Waals surface area contributed by atoms with E-state index >= 15 is 0 Å². The third-order valence-electron chi connectivity index (χ3n) is 4.64. The Labute approximate surface area is 186 Å². The quantitative estimate of drug-likeness (QED) is 0.233. The third-order valence-corrected chi connectivity index (χ3v) is 4.64. The van der Waals surface area contributed by atoms with Crippen LogP contribution in [0.15, 0.2) is 47.5 Å². The number of ether oxygens (including phenoxy) is 2. The lowest BCUT2D eigenvalue weighted by Crippen LogP contribution is -2.37. The summed E-state index contributed by atoms with van der Waals surface area (Å²) in [5, 5.41) is 6.44. The molecule has 3 rings (SSSR count). The molecule has 1 heterocycles. The molecule has 0 aliphatic heterocycles. The molecule has 0 amide bonds. The number of alkyl halides is 2. The molecule has 3 N–H and O–H groups in total. The summed E-state index contributed by atoms with van der Waals surface area (Å²) in [6.07, 6.45) is 1.65. The highest BCUT2D eigenvalue weighted by molar-refractivity contribution is 5.79. The van der Waals surface area contributed by atoms with Gasteiger partial charge in [-0.1, -0.05) is 24.3 Å². The van der Waals surface area contributed by atoms with Gasteiger partial charge in [-0.25, -0.2) is 9.98 Å². The van der Waals surface area contributed by atoms with E-state index in [9.17, 15) is 8.78 Å². The molecule has 32 heavy (non-hydrogen) atoms. The van der Waals surface area contributed by atoms with E-state index in [1.54, 1.807) is 25.1 Å². The smallest absolute Gasteiger partial charge is 0.387 e. The van der Waals surface area contributed by atoms with Gasteiger partial charge in [0.15, 0.2) is 17.5 Å². The van der Waals surface area contributed by atoms with Crippen molar-refractivity contribution in [3.05, 3.63) is 53.9 Å². The Morgan fingerprint density at radius 1 is 1.12 bits per heavy atom. The maximum absolute atomic E-state index is 12.9. The van der Waals surface area contributed by atoms with E-state index in [2.05, 4.69) is 25.6 Å². The number of imidazole rings is 1. The van der Waals surface area contributed by atoms with Crippen molar-refractivity contribution >= 4 is 17.0 Å². The summed E-state index contributed by atoms with van der Waals surface area (Å²) in [5.41, 5.74) is 2.51. The van der Waals surface area contributed by atoms with Crippen LogP contribution in [0, 0.1) is 0 Å². The summed E-state index contributed by atoms with van der Waals surface area (Å²) in [6.45, 7) is 2.69. The molecule has 7 nitrogen and oxygen atoms in total. The van der Waals surface area contributed by atoms with Crippen molar-refractivity contribution in [1.29, 1.82) is 0 Å². The van der Waals surface area contributed by atoms with Crippen LogP contribution in [0.3, 0.4) is 0 Å². The van der Waals surface area contributed by atoms with Crippen LogP contribution in [0.25, 0.3) is 11.0 Å². The number of aromatic nitrogens is 2. The second-order valence-electron chi connectivity index (χ2n) is 6.98. The number of hydrogen-bond acceptors (Lipinski definition) is 4. The molecule has 9 heteroatoms. The van der Waals surface area contributed by atoms with E-state index in [4.69, 9.17) is 9.47 Å². The lowest BCUT2D eigenvalue weighted by atomic mass is 10.2. The number of nitrogens with zero attached hydrogens (tertiary/aromatic N) is 2.